The van der Waals surface area contributed by atoms with Crippen molar-refractivity contribution >= 4 is 51.8 Å². The third kappa shape index (κ3) is 3.51. The molecule has 2 aromatic rings. The van der Waals surface area contributed by atoms with Crippen molar-refractivity contribution in [2.75, 3.05) is 5.32 Å². The minimum atomic E-state index is -1.19. The second-order valence-electron chi connectivity index (χ2n) is 4.05. The molecule has 4 nitrogen and oxygen atoms in total. The highest BCUT2D eigenvalue weighted by Gasteiger charge is 2.18. The molecule has 0 aliphatic carbocycles. The third-order valence-electron chi connectivity index (χ3n) is 2.65. The molecule has 0 heterocycles. The molecule has 0 atom stereocenters. The molecule has 0 unspecified atom stereocenters. The minimum Gasteiger partial charge on any atom is -0.478 e. The van der Waals surface area contributed by atoms with Crippen LogP contribution in [0.4, 0.5) is 10.1 Å². The lowest BCUT2D eigenvalue weighted by molar-refractivity contribution is 0.0698. The smallest absolute Gasteiger partial charge is 0.337 e. The number of carbonyl (C=O) groups excluding carboxylic acids is 1. The summed E-state index contributed by atoms with van der Waals surface area (Å²) in [5.74, 6) is -2.77. The number of carboxylic acid groups (broad SMARTS) is 1. The van der Waals surface area contributed by atoms with Gasteiger partial charge in [0.1, 0.15) is 5.82 Å². The van der Waals surface area contributed by atoms with Crippen molar-refractivity contribution in [2.45, 2.75) is 0 Å². The van der Waals surface area contributed by atoms with Crippen LogP contribution in [0.1, 0.15) is 20.7 Å². The second-order valence-corrected chi connectivity index (χ2v) is 5.70. The highest BCUT2D eigenvalue weighted by molar-refractivity contribution is 14.1. The monoisotopic (exact) mass is 419 g/mol. The summed E-state index contributed by atoms with van der Waals surface area (Å²) >= 11 is 7.75. The number of anilines is 1. The third-order valence-corrected chi connectivity index (χ3v) is 3.64. The first-order valence-corrected chi connectivity index (χ1v) is 7.14. The summed E-state index contributed by atoms with van der Waals surface area (Å²) in [6, 6.07) is 8.34. The van der Waals surface area contributed by atoms with Gasteiger partial charge < -0.3 is 10.4 Å². The zero-order valence-electron chi connectivity index (χ0n) is 10.4. The summed E-state index contributed by atoms with van der Waals surface area (Å²) in [5, 5.41) is 11.5. The first-order valence-electron chi connectivity index (χ1n) is 5.68. The lowest BCUT2D eigenvalue weighted by Crippen LogP contribution is -2.17. The van der Waals surface area contributed by atoms with Crippen molar-refractivity contribution in [3.8, 4) is 0 Å². The average molecular weight is 420 g/mol. The molecule has 0 saturated carbocycles. The number of aromatic carboxylic acids is 1. The molecule has 7 heteroatoms. The Labute approximate surface area is 138 Å². The summed E-state index contributed by atoms with van der Waals surface area (Å²) in [5.41, 5.74) is -0.330. The Kier molecular flexibility index (Phi) is 4.79. The Morgan fingerprint density at radius 3 is 2.57 bits per heavy atom. The Morgan fingerprint density at radius 1 is 1.24 bits per heavy atom. The summed E-state index contributed by atoms with van der Waals surface area (Å²) in [7, 11) is 0. The number of rotatable bonds is 3. The molecule has 0 bridgehead atoms. The van der Waals surface area contributed by atoms with Crippen LogP contribution in [0.5, 0.6) is 0 Å². The van der Waals surface area contributed by atoms with Crippen LogP contribution in [0.3, 0.4) is 0 Å². The maximum absolute atomic E-state index is 13.7. The van der Waals surface area contributed by atoms with Gasteiger partial charge in [0.05, 0.1) is 21.8 Å². The number of hydrogen-bond donors (Lipinski definition) is 2. The average Bonchev–Trinajstić information content (AvgIpc) is 2.40. The minimum absolute atomic E-state index is 0.0464. The van der Waals surface area contributed by atoms with Gasteiger partial charge in [0.2, 0.25) is 0 Å². The van der Waals surface area contributed by atoms with Gasteiger partial charge in [-0.05, 0) is 52.9 Å². The van der Waals surface area contributed by atoms with E-state index >= 15 is 0 Å². The SMILES string of the molecule is O=C(O)c1cc(I)ccc1NC(=O)c1c(F)cccc1Cl. The van der Waals surface area contributed by atoms with Crippen LogP contribution in [0.25, 0.3) is 0 Å². The van der Waals surface area contributed by atoms with Gasteiger partial charge in [0.15, 0.2) is 0 Å². The van der Waals surface area contributed by atoms with Crippen molar-refractivity contribution in [3.63, 3.8) is 0 Å². The molecular weight excluding hydrogens is 412 g/mol. The highest BCUT2D eigenvalue weighted by Crippen LogP contribution is 2.23. The number of carboxylic acids is 1. The maximum atomic E-state index is 13.7. The molecule has 108 valence electrons. The predicted octanol–water partition coefficient (Wildman–Crippen LogP) is 4.03. The molecular formula is C14H8ClFINO3. The molecule has 0 radical (unpaired) electrons. The lowest BCUT2D eigenvalue weighted by atomic mass is 10.1. The van der Waals surface area contributed by atoms with Crippen LogP contribution in [-0.4, -0.2) is 17.0 Å². The Morgan fingerprint density at radius 2 is 1.95 bits per heavy atom. The predicted molar refractivity (Wildman–Crippen MR) is 85.5 cm³/mol. The summed E-state index contributed by atoms with van der Waals surface area (Å²) in [6.45, 7) is 0. The highest BCUT2D eigenvalue weighted by atomic mass is 127. The van der Waals surface area contributed by atoms with Crippen molar-refractivity contribution in [3.05, 3.63) is 61.9 Å². The van der Waals surface area contributed by atoms with Crippen molar-refractivity contribution in [1.29, 1.82) is 0 Å². The molecule has 0 aliphatic rings. The van der Waals surface area contributed by atoms with Gasteiger partial charge in [0, 0.05) is 3.57 Å². The summed E-state index contributed by atoms with van der Waals surface area (Å²) in [6.07, 6.45) is 0. The van der Waals surface area contributed by atoms with Crippen molar-refractivity contribution < 1.29 is 19.1 Å². The van der Waals surface area contributed by atoms with Gasteiger partial charge in [-0.3, -0.25) is 4.79 Å². The van der Waals surface area contributed by atoms with Crippen molar-refractivity contribution in [2.24, 2.45) is 0 Å². The van der Waals surface area contributed by atoms with Crippen molar-refractivity contribution in [1.82, 2.24) is 0 Å². The number of nitrogens with one attached hydrogen (secondary N) is 1. The van der Waals surface area contributed by atoms with E-state index in [0.29, 0.717) is 3.57 Å². The molecule has 1 amide bonds. The number of halogens is 3. The van der Waals surface area contributed by atoms with E-state index in [4.69, 9.17) is 16.7 Å². The Balaban J connectivity index is 2.39. The molecule has 2 aromatic carbocycles. The van der Waals surface area contributed by atoms with Crippen LogP contribution in [0.15, 0.2) is 36.4 Å². The fourth-order valence-corrected chi connectivity index (χ4v) is 2.44. The molecule has 0 aliphatic heterocycles. The van der Waals surface area contributed by atoms with Gasteiger partial charge in [-0.1, -0.05) is 17.7 Å². The first-order chi connectivity index (χ1) is 9.90. The van der Waals surface area contributed by atoms with E-state index in [1.165, 1.54) is 24.3 Å². The zero-order chi connectivity index (χ0) is 15.6. The van der Waals surface area contributed by atoms with E-state index in [1.807, 2.05) is 22.6 Å². The topological polar surface area (TPSA) is 66.4 Å². The van der Waals surface area contributed by atoms with Crippen LogP contribution in [-0.2, 0) is 0 Å². The largest absolute Gasteiger partial charge is 0.478 e. The molecule has 21 heavy (non-hydrogen) atoms. The van der Waals surface area contributed by atoms with Crippen LogP contribution < -0.4 is 5.32 Å². The van der Waals surface area contributed by atoms with Gasteiger partial charge in [0.25, 0.3) is 5.91 Å². The fourth-order valence-electron chi connectivity index (χ4n) is 1.70. The number of benzene rings is 2. The van der Waals surface area contributed by atoms with Crippen LogP contribution in [0, 0.1) is 9.39 Å². The lowest BCUT2D eigenvalue weighted by Gasteiger charge is -2.10. The molecule has 0 aromatic heterocycles. The molecule has 2 rings (SSSR count). The van der Waals surface area contributed by atoms with E-state index in [1.54, 1.807) is 6.07 Å². The van der Waals surface area contributed by atoms with Crippen LogP contribution in [0.2, 0.25) is 5.02 Å². The number of amides is 1. The maximum Gasteiger partial charge on any atom is 0.337 e. The molecule has 0 fully saturated rings. The number of carbonyl (C=O) groups is 2. The second kappa shape index (κ2) is 6.40. The van der Waals surface area contributed by atoms with Gasteiger partial charge in [-0.2, -0.15) is 0 Å². The summed E-state index contributed by atoms with van der Waals surface area (Å²) < 4.78 is 14.4. The van der Waals surface area contributed by atoms with E-state index in [0.717, 1.165) is 6.07 Å². The molecule has 0 saturated heterocycles. The molecule has 2 N–H and O–H groups in total. The first kappa shape index (κ1) is 15.7. The van der Waals surface area contributed by atoms with Gasteiger partial charge in [-0.15, -0.1) is 0 Å². The Hall–Kier alpha value is -1.67. The van der Waals surface area contributed by atoms with E-state index in [9.17, 15) is 14.0 Å². The summed E-state index contributed by atoms with van der Waals surface area (Å²) in [4.78, 5) is 23.3. The normalized spacial score (nSPS) is 10.2. The molecule has 0 spiro atoms. The fraction of sp³-hybridized carbons (Fsp3) is 0. The van der Waals surface area contributed by atoms with E-state index in [2.05, 4.69) is 5.32 Å². The van der Waals surface area contributed by atoms with Gasteiger partial charge >= 0.3 is 5.97 Å². The Bertz CT molecular complexity index is 716. The zero-order valence-corrected chi connectivity index (χ0v) is 13.3. The van der Waals surface area contributed by atoms with Crippen LogP contribution >= 0.6 is 34.2 Å². The quantitative estimate of drug-likeness (QED) is 0.738. The standard InChI is InChI=1S/C14H8ClFINO3/c15-9-2-1-3-10(16)12(9)13(19)18-11-5-4-7(17)6-8(11)14(20)21/h1-6H,(H,18,19)(H,20,21). The van der Waals surface area contributed by atoms with Gasteiger partial charge in [-0.25, -0.2) is 9.18 Å². The number of hydrogen-bond acceptors (Lipinski definition) is 2. The van der Waals surface area contributed by atoms with E-state index < -0.39 is 17.7 Å². The van der Waals surface area contributed by atoms with E-state index in [-0.39, 0.29) is 21.8 Å².